The van der Waals surface area contributed by atoms with E-state index in [1.807, 2.05) is 30.3 Å². The fourth-order valence-electron chi connectivity index (χ4n) is 3.03. The molecule has 0 fully saturated rings. The summed E-state index contributed by atoms with van der Waals surface area (Å²) in [5.74, 6) is -0.811. The quantitative estimate of drug-likeness (QED) is 0.438. The van der Waals surface area contributed by atoms with Crippen LogP contribution in [0.2, 0.25) is 0 Å². The van der Waals surface area contributed by atoms with E-state index in [2.05, 4.69) is 10.6 Å². The molecule has 0 bridgehead atoms. The first-order valence-electron chi connectivity index (χ1n) is 9.38. The molecule has 2 aromatic carbocycles. The molecule has 8 heteroatoms. The maximum absolute atomic E-state index is 12.9. The van der Waals surface area contributed by atoms with E-state index in [-0.39, 0.29) is 19.6 Å². The van der Waals surface area contributed by atoms with Gasteiger partial charge in [0, 0.05) is 5.70 Å². The van der Waals surface area contributed by atoms with E-state index in [1.165, 1.54) is 0 Å². The lowest BCUT2D eigenvalue weighted by Crippen LogP contribution is -2.45. The molecule has 3 N–H and O–H groups in total. The van der Waals surface area contributed by atoms with Gasteiger partial charge in [-0.25, -0.2) is 4.79 Å². The van der Waals surface area contributed by atoms with Crippen molar-refractivity contribution in [1.29, 1.82) is 0 Å². The van der Waals surface area contributed by atoms with Gasteiger partial charge in [-0.05, 0) is 42.4 Å². The fraction of sp³-hybridized carbons (Fsp3) is 0.227. The number of benzene rings is 2. The molecule has 0 spiro atoms. The molecule has 1 atom stereocenters. The summed E-state index contributed by atoms with van der Waals surface area (Å²) < 4.78 is 10.9. The number of carboxylic acids is 1. The number of ether oxygens (including phenoxy) is 2. The highest BCUT2D eigenvalue weighted by atomic mass is 32.1. The zero-order valence-corrected chi connectivity index (χ0v) is 17.2. The molecule has 1 aliphatic heterocycles. The third-order valence-electron chi connectivity index (χ3n) is 4.50. The molecule has 0 saturated heterocycles. The number of allylic oxidation sites excluding steroid dienone is 1. The van der Waals surface area contributed by atoms with Crippen molar-refractivity contribution in [1.82, 2.24) is 10.6 Å². The summed E-state index contributed by atoms with van der Waals surface area (Å²) in [5, 5.41) is 15.2. The van der Waals surface area contributed by atoms with E-state index in [0.29, 0.717) is 22.1 Å². The van der Waals surface area contributed by atoms with Crippen LogP contribution in [0.15, 0.2) is 65.9 Å². The van der Waals surface area contributed by atoms with Gasteiger partial charge in [0.05, 0.1) is 24.6 Å². The van der Waals surface area contributed by atoms with Crippen molar-refractivity contribution in [3.63, 3.8) is 0 Å². The zero-order chi connectivity index (χ0) is 21.5. The lowest BCUT2D eigenvalue weighted by molar-refractivity contribution is -0.141. The number of hydrogen-bond acceptors (Lipinski definition) is 5. The number of carboxylic acid groups (broad SMARTS) is 1. The molecule has 2 aromatic rings. The zero-order valence-electron chi connectivity index (χ0n) is 16.4. The van der Waals surface area contributed by atoms with Crippen LogP contribution < -0.4 is 15.4 Å². The molecule has 0 radical (unpaired) electrons. The molecule has 0 amide bonds. The van der Waals surface area contributed by atoms with Crippen LogP contribution in [0.3, 0.4) is 0 Å². The lowest BCUT2D eigenvalue weighted by Gasteiger charge is -2.30. The largest absolute Gasteiger partial charge is 0.493 e. The van der Waals surface area contributed by atoms with Crippen molar-refractivity contribution in [3.8, 4) is 5.75 Å². The van der Waals surface area contributed by atoms with E-state index in [1.54, 1.807) is 31.2 Å². The monoisotopic (exact) mass is 426 g/mol. The smallest absolute Gasteiger partial charge is 0.338 e. The third-order valence-corrected chi connectivity index (χ3v) is 4.72. The predicted octanol–water partition coefficient (Wildman–Crippen LogP) is 3.08. The normalized spacial score (nSPS) is 15.8. The Morgan fingerprint density at radius 2 is 1.80 bits per heavy atom. The van der Waals surface area contributed by atoms with Crippen molar-refractivity contribution in [2.75, 3.05) is 6.61 Å². The van der Waals surface area contributed by atoms with Gasteiger partial charge < -0.3 is 25.2 Å². The lowest BCUT2D eigenvalue weighted by atomic mass is 9.95. The van der Waals surface area contributed by atoms with Crippen LogP contribution in [0.1, 0.15) is 30.5 Å². The Hall–Kier alpha value is -3.39. The van der Waals surface area contributed by atoms with Crippen LogP contribution in [0.5, 0.6) is 5.75 Å². The molecular weight excluding hydrogens is 404 g/mol. The Bertz CT molecular complexity index is 957. The second kappa shape index (κ2) is 9.89. The second-order valence-corrected chi connectivity index (χ2v) is 7.10. The molecule has 30 heavy (non-hydrogen) atoms. The number of rotatable bonds is 8. The van der Waals surface area contributed by atoms with E-state index < -0.39 is 18.0 Å². The average Bonchev–Trinajstić information content (AvgIpc) is 2.72. The van der Waals surface area contributed by atoms with Gasteiger partial charge in [-0.15, -0.1) is 0 Å². The number of nitrogens with one attached hydrogen (secondary N) is 2. The van der Waals surface area contributed by atoms with E-state index in [4.69, 9.17) is 26.8 Å². The van der Waals surface area contributed by atoms with E-state index >= 15 is 0 Å². The summed E-state index contributed by atoms with van der Waals surface area (Å²) in [6.45, 7) is 2.03. The first-order valence-corrected chi connectivity index (χ1v) is 9.79. The first-order chi connectivity index (χ1) is 14.4. The summed E-state index contributed by atoms with van der Waals surface area (Å²) in [6.07, 6.45) is -0.0782. The van der Waals surface area contributed by atoms with Gasteiger partial charge in [-0.3, -0.25) is 4.79 Å². The Morgan fingerprint density at radius 3 is 2.47 bits per heavy atom. The van der Waals surface area contributed by atoms with Gasteiger partial charge in [-0.2, -0.15) is 0 Å². The first kappa shape index (κ1) is 21.3. The van der Waals surface area contributed by atoms with Crippen molar-refractivity contribution in [2.24, 2.45) is 0 Å². The Morgan fingerprint density at radius 1 is 1.10 bits per heavy atom. The molecule has 156 valence electrons. The molecule has 3 rings (SSSR count). The highest BCUT2D eigenvalue weighted by Crippen LogP contribution is 2.29. The number of hydrogen-bond donors (Lipinski definition) is 3. The van der Waals surface area contributed by atoms with Crippen LogP contribution >= 0.6 is 12.2 Å². The number of carbonyl (C=O) groups excluding carboxylic acids is 1. The van der Waals surface area contributed by atoms with Gasteiger partial charge in [0.25, 0.3) is 0 Å². The Balaban J connectivity index is 1.74. The van der Waals surface area contributed by atoms with Crippen molar-refractivity contribution in [3.05, 3.63) is 77.0 Å². The maximum Gasteiger partial charge on any atom is 0.338 e. The maximum atomic E-state index is 12.9. The summed E-state index contributed by atoms with van der Waals surface area (Å²) in [4.78, 5) is 23.5. The molecule has 1 aliphatic rings. The van der Waals surface area contributed by atoms with Crippen LogP contribution in [0.4, 0.5) is 0 Å². The van der Waals surface area contributed by atoms with Crippen molar-refractivity contribution in [2.45, 2.75) is 26.0 Å². The summed E-state index contributed by atoms with van der Waals surface area (Å²) >= 11 is 5.26. The molecular formula is C22H22N2O5S. The Kier molecular flexibility index (Phi) is 7.03. The van der Waals surface area contributed by atoms with Crippen LogP contribution in [0, 0.1) is 0 Å². The number of carbonyl (C=O) groups is 2. The number of thiocarbonyl (C=S) groups is 1. The molecule has 0 saturated carbocycles. The standard InChI is InChI=1S/C22H22N2O5S/c1-14-19(21(27)29-13-15-5-3-2-4-6-15)20(24-22(30)23-14)16-7-9-17(10-8-16)28-12-11-18(25)26/h2-10,20H,11-13H2,1H3,(H,25,26)(H2,23,24,30). The van der Waals surface area contributed by atoms with Gasteiger partial charge >= 0.3 is 11.9 Å². The minimum absolute atomic E-state index is 0.0782. The topological polar surface area (TPSA) is 96.9 Å². The molecule has 0 aliphatic carbocycles. The van der Waals surface area contributed by atoms with Crippen molar-refractivity contribution >= 4 is 29.3 Å². The minimum atomic E-state index is -0.918. The third kappa shape index (κ3) is 5.57. The number of esters is 1. The molecule has 1 unspecified atom stereocenters. The van der Waals surface area contributed by atoms with Gasteiger partial charge in [-0.1, -0.05) is 42.5 Å². The van der Waals surface area contributed by atoms with Gasteiger partial charge in [0.15, 0.2) is 5.11 Å². The van der Waals surface area contributed by atoms with Crippen molar-refractivity contribution < 1.29 is 24.2 Å². The van der Waals surface area contributed by atoms with Crippen LogP contribution in [-0.2, 0) is 20.9 Å². The van der Waals surface area contributed by atoms with Gasteiger partial charge in [0.1, 0.15) is 12.4 Å². The fourth-order valence-corrected chi connectivity index (χ4v) is 3.30. The minimum Gasteiger partial charge on any atom is -0.493 e. The SMILES string of the molecule is CC1=C(C(=O)OCc2ccccc2)C(c2ccc(OCCC(=O)O)cc2)NC(=S)N1. The summed E-state index contributed by atoms with van der Waals surface area (Å²) in [7, 11) is 0. The average molecular weight is 426 g/mol. The second-order valence-electron chi connectivity index (χ2n) is 6.69. The predicted molar refractivity (Wildman–Crippen MR) is 115 cm³/mol. The highest BCUT2D eigenvalue weighted by molar-refractivity contribution is 7.80. The van der Waals surface area contributed by atoms with Crippen LogP contribution in [-0.4, -0.2) is 28.8 Å². The number of aliphatic carboxylic acids is 1. The van der Waals surface area contributed by atoms with E-state index in [9.17, 15) is 9.59 Å². The Labute approximate surface area is 179 Å². The molecule has 0 aromatic heterocycles. The summed E-state index contributed by atoms with van der Waals surface area (Å²) in [6, 6.07) is 16.0. The molecule has 7 nitrogen and oxygen atoms in total. The molecule has 1 heterocycles. The van der Waals surface area contributed by atoms with E-state index in [0.717, 1.165) is 11.1 Å². The summed E-state index contributed by atoms with van der Waals surface area (Å²) in [5.41, 5.74) is 2.77. The van der Waals surface area contributed by atoms with Crippen LogP contribution in [0.25, 0.3) is 0 Å². The highest BCUT2D eigenvalue weighted by Gasteiger charge is 2.31. The van der Waals surface area contributed by atoms with Gasteiger partial charge in [0.2, 0.25) is 0 Å².